The Morgan fingerprint density at radius 3 is 2.10 bits per heavy atom. The number of carboxylic acids is 1. The third-order valence-electron chi connectivity index (χ3n) is 7.12. The Balaban J connectivity index is 1.24. The standard InChI is InChI=1S/C32H37N3O5/c1-32(2,17-29(36)34-28(30(37)38)19-35(3)18-22-11-5-4-6-12-22)21-33-31(39)40-20-27-25-15-9-7-13-23(25)24-14-8-10-16-26(24)27/h4-16,27-28H,17-21H2,1-3H3,(H,33,39)(H,34,36)(H,37,38). The first kappa shape index (κ1) is 28.8. The molecule has 3 N–H and O–H groups in total. The monoisotopic (exact) mass is 543 g/mol. The summed E-state index contributed by atoms with van der Waals surface area (Å²) in [6, 6.07) is 24.9. The lowest BCUT2D eigenvalue weighted by molar-refractivity contribution is -0.142. The van der Waals surface area contributed by atoms with Crippen LogP contribution in [0.25, 0.3) is 11.1 Å². The van der Waals surface area contributed by atoms with Gasteiger partial charge in [-0.1, -0.05) is 92.7 Å². The predicted octanol–water partition coefficient (Wildman–Crippen LogP) is 4.64. The van der Waals surface area contributed by atoms with Gasteiger partial charge in [0.1, 0.15) is 12.6 Å². The Morgan fingerprint density at radius 1 is 0.925 bits per heavy atom. The molecule has 4 rings (SSSR count). The van der Waals surface area contributed by atoms with Crippen LogP contribution < -0.4 is 10.6 Å². The molecule has 1 unspecified atom stereocenters. The van der Waals surface area contributed by atoms with Crippen molar-refractivity contribution in [3.05, 3.63) is 95.6 Å². The highest BCUT2D eigenvalue weighted by Crippen LogP contribution is 2.44. The Hall–Kier alpha value is -4.17. The molecule has 1 atom stereocenters. The number of ether oxygens (including phenoxy) is 1. The van der Waals surface area contributed by atoms with Crippen molar-refractivity contribution in [1.82, 2.24) is 15.5 Å². The van der Waals surface area contributed by atoms with Crippen LogP contribution in [0.3, 0.4) is 0 Å². The lowest BCUT2D eigenvalue weighted by Gasteiger charge is -2.27. The molecule has 0 radical (unpaired) electrons. The highest BCUT2D eigenvalue weighted by Gasteiger charge is 2.30. The SMILES string of the molecule is CN(Cc1ccccc1)CC(NC(=O)CC(C)(C)CNC(=O)OCC1c2ccccc2-c2ccccc21)C(=O)O. The molecule has 0 bridgehead atoms. The summed E-state index contributed by atoms with van der Waals surface area (Å²) >= 11 is 0. The number of hydrogen-bond acceptors (Lipinski definition) is 5. The maximum Gasteiger partial charge on any atom is 0.407 e. The number of nitrogens with one attached hydrogen (secondary N) is 2. The van der Waals surface area contributed by atoms with E-state index in [1.54, 1.807) is 0 Å². The molecule has 0 aliphatic heterocycles. The van der Waals surface area contributed by atoms with Crippen LogP contribution >= 0.6 is 0 Å². The second-order valence-corrected chi connectivity index (χ2v) is 11.2. The van der Waals surface area contributed by atoms with Crippen LogP contribution in [0.4, 0.5) is 4.79 Å². The van der Waals surface area contributed by atoms with E-state index in [9.17, 15) is 19.5 Å². The van der Waals surface area contributed by atoms with Crippen LogP contribution in [0.5, 0.6) is 0 Å². The summed E-state index contributed by atoms with van der Waals surface area (Å²) in [5, 5.41) is 15.1. The molecule has 0 heterocycles. The molecule has 8 nitrogen and oxygen atoms in total. The fourth-order valence-corrected chi connectivity index (χ4v) is 5.16. The topological polar surface area (TPSA) is 108 Å². The number of fused-ring (bicyclic) bond motifs is 3. The fourth-order valence-electron chi connectivity index (χ4n) is 5.16. The van der Waals surface area contributed by atoms with E-state index in [1.165, 1.54) is 0 Å². The van der Waals surface area contributed by atoms with Gasteiger partial charge in [0.25, 0.3) is 0 Å². The average Bonchev–Trinajstić information content (AvgIpc) is 3.24. The third kappa shape index (κ3) is 7.48. The third-order valence-corrected chi connectivity index (χ3v) is 7.12. The van der Waals surface area contributed by atoms with Crippen molar-refractivity contribution < 1.29 is 24.2 Å². The van der Waals surface area contributed by atoms with Gasteiger partial charge in [0, 0.05) is 32.0 Å². The zero-order valence-corrected chi connectivity index (χ0v) is 23.2. The second-order valence-electron chi connectivity index (χ2n) is 11.2. The highest BCUT2D eigenvalue weighted by atomic mass is 16.5. The van der Waals surface area contributed by atoms with Crippen molar-refractivity contribution >= 4 is 18.0 Å². The molecule has 8 heteroatoms. The van der Waals surface area contributed by atoms with Gasteiger partial charge in [-0.15, -0.1) is 0 Å². The van der Waals surface area contributed by atoms with E-state index < -0.39 is 23.5 Å². The molecule has 1 aliphatic rings. The Kier molecular flexibility index (Phi) is 9.22. The first-order valence-corrected chi connectivity index (χ1v) is 13.5. The minimum Gasteiger partial charge on any atom is -0.480 e. The Labute approximate surface area is 235 Å². The van der Waals surface area contributed by atoms with Crippen molar-refractivity contribution in [2.75, 3.05) is 26.7 Å². The quantitative estimate of drug-likeness (QED) is 0.307. The highest BCUT2D eigenvalue weighted by molar-refractivity contribution is 5.84. The first-order chi connectivity index (χ1) is 19.1. The van der Waals surface area contributed by atoms with Gasteiger partial charge in [-0.25, -0.2) is 9.59 Å². The minimum atomic E-state index is -1.09. The maximum absolute atomic E-state index is 12.8. The van der Waals surface area contributed by atoms with Gasteiger partial charge in [-0.3, -0.25) is 9.69 Å². The van der Waals surface area contributed by atoms with Crippen molar-refractivity contribution in [3.63, 3.8) is 0 Å². The van der Waals surface area contributed by atoms with Gasteiger partial charge in [0.2, 0.25) is 5.91 Å². The molecular formula is C32H37N3O5. The summed E-state index contributed by atoms with van der Waals surface area (Å²) in [4.78, 5) is 39.0. The van der Waals surface area contributed by atoms with E-state index in [0.717, 1.165) is 27.8 Å². The summed E-state index contributed by atoms with van der Waals surface area (Å²) in [7, 11) is 1.82. The molecule has 1 aliphatic carbocycles. The predicted molar refractivity (Wildman–Crippen MR) is 154 cm³/mol. The number of carbonyl (C=O) groups is 3. The van der Waals surface area contributed by atoms with E-state index in [0.29, 0.717) is 6.54 Å². The van der Waals surface area contributed by atoms with Gasteiger partial charge in [0.05, 0.1) is 0 Å². The number of alkyl carbamates (subject to hydrolysis) is 1. The van der Waals surface area contributed by atoms with E-state index in [-0.39, 0.29) is 37.9 Å². The molecule has 3 aromatic rings. The van der Waals surface area contributed by atoms with Crippen LogP contribution in [-0.4, -0.2) is 60.8 Å². The van der Waals surface area contributed by atoms with Crippen molar-refractivity contribution in [3.8, 4) is 11.1 Å². The molecular weight excluding hydrogens is 506 g/mol. The number of likely N-dealkylation sites (N-methyl/N-ethyl adjacent to an activating group) is 1. The molecule has 0 saturated heterocycles. The molecule has 0 aromatic heterocycles. The largest absolute Gasteiger partial charge is 0.480 e. The number of carbonyl (C=O) groups excluding carboxylic acids is 2. The summed E-state index contributed by atoms with van der Waals surface area (Å²) in [6.07, 6.45) is -0.510. The van der Waals surface area contributed by atoms with Gasteiger partial charge >= 0.3 is 12.1 Å². The van der Waals surface area contributed by atoms with E-state index in [4.69, 9.17) is 4.74 Å². The summed E-state index contributed by atoms with van der Waals surface area (Å²) in [6.45, 7) is 4.81. The Bertz CT molecular complexity index is 1300. The van der Waals surface area contributed by atoms with E-state index >= 15 is 0 Å². The average molecular weight is 544 g/mol. The first-order valence-electron chi connectivity index (χ1n) is 13.5. The summed E-state index contributed by atoms with van der Waals surface area (Å²) in [5.74, 6) is -1.52. The lowest BCUT2D eigenvalue weighted by Crippen LogP contribution is -2.49. The van der Waals surface area contributed by atoms with Gasteiger partial charge < -0.3 is 20.5 Å². The van der Waals surface area contributed by atoms with E-state index in [1.807, 2.05) is 80.4 Å². The van der Waals surface area contributed by atoms with Gasteiger partial charge in [-0.05, 0) is 40.3 Å². The van der Waals surface area contributed by atoms with Crippen LogP contribution in [0.2, 0.25) is 0 Å². The van der Waals surface area contributed by atoms with Gasteiger partial charge in [0.15, 0.2) is 0 Å². The Morgan fingerprint density at radius 2 is 1.50 bits per heavy atom. The van der Waals surface area contributed by atoms with Gasteiger partial charge in [-0.2, -0.15) is 0 Å². The fraction of sp³-hybridized carbons (Fsp3) is 0.344. The van der Waals surface area contributed by atoms with E-state index in [2.05, 4.69) is 34.9 Å². The number of amides is 2. The number of aliphatic carboxylic acids is 1. The molecule has 3 aromatic carbocycles. The number of nitrogens with zero attached hydrogens (tertiary/aromatic N) is 1. The minimum absolute atomic E-state index is 0.0371. The van der Waals surface area contributed by atoms with Crippen LogP contribution in [-0.2, 0) is 20.9 Å². The molecule has 0 saturated carbocycles. The number of rotatable bonds is 12. The lowest BCUT2D eigenvalue weighted by atomic mass is 9.89. The second kappa shape index (κ2) is 12.8. The van der Waals surface area contributed by atoms with Crippen molar-refractivity contribution in [1.29, 1.82) is 0 Å². The molecule has 0 fully saturated rings. The smallest absolute Gasteiger partial charge is 0.407 e. The molecule has 40 heavy (non-hydrogen) atoms. The van der Waals surface area contributed by atoms with Crippen LogP contribution in [0.1, 0.15) is 42.9 Å². The molecule has 2 amide bonds. The van der Waals surface area contributed by atoms with Crippen molar-refractivity contribution in [2.45, 2.75) is 38.8 Å². The zero-order chi connectivity index (χ0) is 28.7. The summed E-state index contributed by atoms with van der Waals surface area (Å²) in [5.41, 5.74) is 5.03. The van der Waals surface area contributed by atoms with Crippen LogP contribution in [0.15, 0.2) is 78.9 Å². The number of hydrogen-bond donors (Lipinski definition) is 3. The number of benzene rings is 3. The summed E-state index contributed by atoms with van der Waals surface area (Å²) < 4.78 is 5.59. The maximum atomic E-state index is 12.8. The van der Waals surface area contributed by atoms with Crippen molar-refractivity contribution in [2.24, 2.45) is 5.41 Å². The number of carboxylic acid groups (broad SMARTS) is 1. The van der Waals surface area contributed by atoms with Crippen LogP contribution in [0, 0.1) is 5.41 Å². The molecule has 210 valence electrons. The molecule has 0 spiro atoms. The zero-order valence-electron chi connectivity index (χ0n) is 23.2. The normalized spacial score (nSPS) is 13.3.